The number of carbonyl (C=O) groups is 1. The maximum Gasteiger partial charge on any atom is 0.276 e. The van der Waals surface area contributed by atoms with Crippen LogP contribution in [0.1, 0.15) is 23.3 Å². The van der Waals surface area contributed by atoms with Gasteiger partial charge in [-0.2, -0.15) is 5.26 Å². The molecule has 96 valence electrons. The highest BCUT2D eigenvalue weighted by molar-refractivity contribution is 5.92. The molecule has 1 amide bonds. The van der Waals surface area contributed by atoms with Crippen LogP contribution >= 0.6 is 0 Å². The molecule has 0 atom stereocenters. The molecule has 1 aliphatic heterocycles. The monoisotopic (exact) mass is 249 g/mol. The van der Waals surface area contributed by atoms with Crippen molar-refractivity contribution in [3.8, 4) is 6.07 Å². The van der Waals surface area contributed by atoms with Gasteiger partial charge >= 0.3 is 0 Å². The number of ether oxygens (including phenoxy) is 1. The smallest absolute Gasteiger partial charge is 0.276 e. The predicted octanol–water partition coefficient (Wildman–Crippen LogP) is -0.0401. The van der Waals surface area contributed by atoms with Crippen molar-refractivity contribution in [1.82, 2.24) is 19.9 Å². The molecule has 1 saturated heterocycles. The van der Waals surface area contributed by atoms with Crippen molar-refractivity contribution in [3.63, 3.8) is 0 Å². The van der Waals surface area contributed by atoms with Crippen LogP contribution < -0.4 is 0 Å². The molecule has 18 heavy (non-hydrogen) atoms. The van der Waals surface area contributed by atoms with Crippen LogP contribution in [0, 0.1) is 11.3 Å². The Morgan fingerprint density at radius 2 is 2.22 bits per heavy atom. The van der Waals surface area contributed by atoms with Crippen LogP contribution in [0.2, 0.25) is 0 Å². The number of methoxy groups -OCH3 is 1. The lowest BCUT2D eigenvalue weighted by molar-refractivity contribution is -0.0106. The van der Waals surface area contributed by atoms with Gasteiger partial charge in [-0.05, 0) is 0 Å². The Hall–Kier alpha value is -1.94. The number of nitriles is 1. The predicted molar refractivity (Wildman–Crippen MR) is 61.5 cm³/mol. The third-order valence-corrected chi connectivity index (χ3v) is 3.27. The SMILES string of the molecule is COC1(C#N)CCN(C(=O)c2cn(C)nn2)CC1. The Labute approximate surface area is 105 Å². The van der Waals surface area contributed by atoms with Crippen molar-refractivity contribution in [2.45, 2.75) is 18.4 Å². The number of piperidine rings is 1. The summed E-state index contributed by atoms with van der Waals surface area (Å²) in [6, 6.07) is 2.18. The normalized spacial score (nSPS) is 18.4. The molecule has 2 heterocycles. The summed E-state index contributed by atoms with van der Waals surface area (Å²) in [5, 5.41) is 16.6. The molecule has 0 aliphatic carbocycles. The van der Waals surface area contributed by atoms with E-state index in [1.165, 1.54) is 11.8 Å². The van der Waals surface area contributed by atoms with Crippen LogP contribution in [0.4, 0.5) is 0 Å². The fourth-order valence-corrected chi connectivity index (χ4v) is 2.04. The molecule has 0 radical (unpaired) electrons. The molecule has 0 bridgehead atoms. The molecule has 1 aliphatic rings. The van der Waals surface area contributed by atoms with Crippen molar-refractivity contribution in [2.75, 3.05) is 20.2 Å². The Kier molecular flexibility index (Phi) is 3.30. The van der Waals surface area contributed by atoms with Crippen molar-refractivity contribution in [2.24, 2.45) is 7.05 Å². The van der Waals surface area contributed by atoms with E-state index in [-0.39, 0.29) is 5.91 Å². The van der Waals surface area contributed by atoms with Crippen LogP contribution in [0.3, 0.4) is 0 Å². The van der Waals surface area contributed by atoms with Gasteiger partial charge in [0.2, 0.25) is 0 Å². The molecule has 0 N–H and O–H groups in total. The van der Waals surface area contributed by atoms with Crippen LogP contribution in [-0.4, -0.2) is 51.6 Å². The second-order valence-corrected chi connectivity index (χ2v) is 4.38. The fourth-order valence-electron chi connectivity index (χ4n) is 2.04. The van der Waals surface area contributed by atoms with Crippen LogP contribution in [-0.2, 0) is 11.8 Å². The first-order chi connectivity index (χ1) is 8.60. The number of carbonyl (C=O) groups excluding carboxylic acids is 1. The first kappa shape index (κ1) is 12.5. The molecule has 0 unspecified atom stereocenters. The van der Waals surface area contributed by atoms with Gasteiger partial charge in [0.05, 0.1) is 12.3 Å². The first-order valence-electron chi connectivity index (χ1n) is 5.72. The van der Waals surface area contributed by atoms with Crippen LogP contribution in [0.15, 0.2) is 6.20 Å². The number of rotatable bonds is 2. The molecule has 2 rings (SSSR count). The van der Waals surface area contributed by atoms with Gasteiger partial charge in [0.1, 0.15) is 0 Å². The van der Waals surface area contributed by atoms with Gasteiger partial charge in [0.15, 0.2) is 11.3 Å². The topological polar surface area (TPSA) is 84.0 Å². The van der Waals surface area contributed by atoms with Gasteiger partial charge in [-0.3, -0.25) is 9.48 Å². The maximum atomic E-state index is 12.1. The number of nitrogens with zero attached hydrogens (tertiary/aromatic N) is 5. The zero-order valence-corrected chi connectivity index (χ0v) is 10.5. The summed E-state index contributed by atoms with van der Waals surface area (Å²) >= 11 is 0. The maximum absolute atomic E-state index is 12.1. The van der Waals surface area contributed by atoms with Gasteiger partial charge < -0.3 is 9.64 Å². The zero-order chi connectivity index (χ0) is 13.2. The number of likely N-dealkylation sites (tertiary alicyclic amines) is 1. The van der Waals surface area contributed by atoms with Gasteiger partial charge in [-0.25, -0.2) is 0 Å². The number of hydrogen-bond acceptors (Lipinski definition) is 5. The second kappa shape index (κ2) is 4.74. The summed E-state index contributed by atoms with van der Waals surface area (Å²) in [5.74, 6) is -0.147. The average molecular weight is 249 g/mol. The van der Waals surface area contributed by atoms with Crippen molar-refractivity contribution in [3.05, 3.63) is 11.9 Å². The molecular formula is C11H15N5O2. The Morgan fingerprint density at radius 3 is 2.67 bits per heavy atom. The summed E-state index contributed by atoms with van der Waals surface area (Å²) in [6.45, 7) is 0.994. The van der Waals surface area contributed by atoms with Crippen LogP contribution in [0.25, 0.3) is 0 Å². The lowest BCUT2D eigenvalue weighted by Gasteiger charge is -2.35. The molecule has 0 saturated carbocycles. The summed E-state index contributed by atoms with van der Waals surface area (Å²) < 4.78 is 6.73. The van der Waals surface area contributed by atoms with E-state index >= 15 is 0 Å². The lowest BCUT2D eigenvalue weighted by Crippen LogP contribution is -2.47. The van der Waals surface area contributed by atoms with E-state index in [1.807, 2.05) is 0 Å². The lowest BCUT2D eigenvalue weighted by atomic mass is 9.92. The van der Waals surface area contributed by atoms with Crippen LogP contribution in [0.5, 0.6) is 0 Å². The third kappa shape index (κ3) is 2.19. The summed E-state index contributed by atoms with van der Waals surface area (Å²) in [6.07, 6.45) is 2.63. The number of hydrogen-bond donors (Lipinski definition) is 0. The molecule has 1 aromatic rings. The molecule has 7 nitrogen and oxygen atoms in total. The van der Waals surface area contributed by atoms with E-state index in [9.17, 15) is 4.79 Å². The van der Waals surface area contributed by atoms with E-state index in [0.29, 0.717) is 31.6 Å². The first-order valence-corrected chi connectivity index (χ1v) is 5.72. The summed E-state index contributed by atoms with van der Waals surface area (Å²) in [4.78, 5) is 13.8. The molecular weight excluding hydrogens is 234 g/mol. The molecule has 0 aromatic carbocycles. The minimum atomic E-state index is -0.751. The largest absolute Gasteiger partial charge is 0.363 e. The Bertz CT molecular complexity index is 482. The summed E-state index contributed by atoms with van der Waals surface area (Å²) in [7, 11) is 3.25. The highest BCUT2D eigenvalue weighted by atomic mass is 16.5. The van der Waals surface area contributed by atoms with E-state index in [1.54, 1.807) is 18.1 Å². The molecule has 7 heteroatoms. The standard InChI is InChI=1S/C11H15N5O2/c1-15-7-9(13-14-15)10(17)16-5-3-11(8-12,18-2)4-6-16/h7H,3-6H2,1-2H3. The van der Waals surface area contributed by atoms with Crippen molar-refractivity contribution < 1.29 is 9.53 Å². The summed E-state index contributed by atoms with van der Waals surface area (Å²) in [5.41, 5.74) is -0.418. The van der Waals surface area contributed by atoms with E-state index in [0.717, 1.165) is 0 Å². The molecule has 1 aromatic heterocycles. The quantitative estimate of drug-likeness (QED) is 0.734. The highest BCUT2D eigenvalue weighted by Gasteiger charge is 2.36. The minimum absolute atomic E-state index is 0.147. The Morgan fingerprint density at radius 1 is 1.56 bits per heavy atom. The highest BCUT2D eigenvalue weighted by Crippen LogP contribution is 2.25. The third-order valence-electron chi connectivity index (χ3n) is 3.27. The minimum Gasteiger partial charge on any atom is -0.363 e. The van der Waals surface area contributed by atoms with E-state index in [2.05, 4.69) is 16.4 Å². The average Bonchev–Trinajstić information content (AvgIpc) is 2.85. The number of aromatic nitrogens is 3. The van der Waals surface area contributed by atoms with E-state index < -0.39 is 5.60 Å². The number of aryl methyl sites for hydroxylation is 1. The van der Waals surface area contributed by atoms with Crippen molar-refractivity contribution in [1.29, 1.82) is 5.26 Å². The molecule has 1 fully saturated rings. The van der Waals surface area contributed by atoms with Gasteiger partial charge in [-0.15, -0.1) is 5.10 Å². The number of amides is 1. The van der Waals surface area contributed by atoms with E-state index in [4.69, 9.17) is 10.00 Å². The van der Waals surface area contributed by atoms with Gasteiger partial charge in [-0.1, -0.05) is 5.21 Å². The molecule has 0 spiro atoms. The Balaban J connectivity index is 2.02. The van der Waals surface area contributed by atoms with Crippen molar-refractivity contribution >= 4 is 5.91 Å². The van der Waals surface area contributed by atoms with Gasteiger partial charge in [0.25, 0.3) is 5.91 Å². The zero-order valence-electron chi connectivity index (χ0n) is 10.5. The van der Waals surface area contributed by atoms with Gasteiger partial charge in [0, 0.05) is 40.1 Å². The second-order valence-electron chi connectivity index (χ2n) is 4.38. The fraction of sp³-hybridized carbons (Fsp3) is 0.636.